The van der Waals surface area contributed by atoms with E-state index in [1.54, 1.807) is 24.5 Å². The van der Waals surface area contributed by atoms with Crippen molar-refractivity contribution in [3.05, 3.63) is 24.5 Å². The highest BCUT2D eigenvalue weighted by Crippen LogP contribution is 2.29. The third-order valence-corrected chi connectivity index (χ3v) is 4.58. The van der Waals surface area contributed by atoms with E-state index < -0.39 is 0 Å². The van der Waals surface area contributed by atoms with E-state index in [0.717, 1.165) is 12.8 Å². The Bertz CT molecular complexity index is 504. The van der Waals surface area contributed by atoms with Crippen LogP contribution in [0.3, 0.4) is 0 Å². The van der Waals surface area contributed by atoms with Crippen LogP contribution in [0.4, 0.5) is 5.69 Å². The van der Waals surface area contributed by atoms with Gasteiger partial charge < -0.3 is 10.6 Å². The topological polar surface area (TPSA) is 71.1 Å². The van der Waals surface area contributed by atoms with E-state index >= 15 is 0 Å². The first kappa shape index (κ1) is 16.5. The number of carbonyl (C=O) groups excluding carboxylic acids is 2. The SMILES string of the molecule is C[C@H]1[C@H](C)CCC[C@@H]1NC(=O)CCC(=O)Nc1cccnc1. The molecular formula is C17H25N3O2. The van der Waals surface area contributed by atoms with Crippen LogP contribution < -0.4 is 10.6 Å². The lowest BCUT2D eigenvalue weighted by atomic mass is 9.78. The maximum Gasteiger partial charge on any atom is 0.224 e. The number of anilines is 1. The Morgan fingerprint density at radius 1 is 1.23 bits per heavy atom. The predicted octanol–water partition coefficient (Wildman–Crippen LogP) is 2.74. The van der Waals surface area contributed by atoms with E-state index in [2.05, 4.69) is 29.5 Å². The second-order valence-corrected chi connectivity index (χ2v) is 6.23. The number of hydrogen-bond donors (Lipinski definition) is 2. The van der Waals surface area contributed by atoms with Gasteiger partial charge in [0.2, 0.25) is 11.8 Å². The van der Waals surface area contributed by atoms with Crippen molar-refractivity contribution in [2.45, 2.75) is 52.0 Å². The molecule has 1 aliphatic rings. The quantitative estimate of drug-likeness (QED) is 0.878. The number of nitrogens with one attached hydrogen (secondary N) is 2. The first-order valence-corrected chi connectivity index (χ1v) is 8.05. The second-order valence-electron chi connectivity index (χ2n) is 6.23. The molecule has 1 aromatic rings. The molecule has 0 saturated heterocycles. The minimum Gasteiger partial charge on any atom is -0.353 e. The van der Waals surface area contributed by atoms with E-state index in [0.29, 0.717) is 17.5 Å². The van der Waals surface area contributed by atoms with Gasteiger partial charge in [0.15, 0.2) is 0 Å². The molecule has 5 heteroatoms. The van der Waals surface area contributed by atoms with Crippen molar-refractivity contribution >= 4 is 17.5 Å². The molecular weight excluding hydrogens is 278 g/mol. The molecule has 0 aliphatic heterocycles. The lowest BCUT2D eigenvalue weighted by Crippen LogP contribution is -2.43. The number of carbonyl (C=O) groups is 2. The number of aromatic nitrogens is 1. The van der Waals surface area contributed by atoms with E-state index in [9.17, 15) is 9.59 Å². The van der Waals surface area contributed by atoms with Crippen molar-refractivity contribution in [2.24, 2.45) is 11.8 Å². The number of nitrogens with zero attached hydrogens (tertiary/aromatic N) is 1. The Kier molecular flexibility index (Phi) is 5.92. The first-order valence-electron chi connectivity index (χ1n) is 8.05. The van der Waals surface area contributed by atoms with Crippen molar-refractivity contribution < 1.29 is 9.59 Å². The molecule has 0 spiro atoms. The average Bonchev–Trinajstić information content (AvgIpc) is 2.51. The summed E-state index contributed by atoms with van der Waals surface area (Å²) in [6.07, 6.45) is 7.09. The summed E-state index contributed by atoms with van der Waals surface area (Å²) in [4.78, 5) is 27.8. The fourth-order valence-corrected chi connectivity index (χ4v) is 2.95. The van der Waals surface area contributed by atoms with Crippen LogP contribution in [0.1, 0.15) is 46.0 Å². The zero-order valence-electron chi connectivity index (χ0n) is 13.3. The summed E-state index contributed by atoms with van der Waals surface area (Å²) in [5.74, 6) is 0.954. The molecule has 2 rings (SSSR count). The predicted molar refractivity (Wildman–Crippen MR) is 86.2 cm³/mol. The van der Waals surface area contributed by atoms with Gasteiger partial charge in [-0.2, -0.15) is 0 Å². The van der Waals surface area contributed by atoms with Crippen molar-refractivity contribution in [3.63, 3.8) is 0 Å². The van der Waals surface area contributed by atoms with Gasteiger partial charge in [-0.25, -0.2) is 0 Å². The van der Waals surface area contributed by atoms with E-state index in [4.69, 9.17) is 0 Å². The van der Waals surface area contributed by atoms with Crippen molar-refractivity contribution in [1.29, 1.82) is 0 Å². The minimum atomic E-state index is -0.159. The maximum atomic E-state index is 12.0. The number of amides is 2. The molecule has 1 aromatic heterocycles. The molecule has 1 aliphatic carbocycles. The third kappa shape index (κ3) is 4.83. The van der Waals surface area contributed by atoms with Gasteiger partial charge in [-0.05, 0) is 30.4 Å². The van der Waals surface area contributed by atoms with Gasteiger partial charge in [0.25, 0.3) is 0 Å². The van der Waals surface area contributed by atoms with Crippen LogP contribution in [0, 0.1) is 11.8 Å². The molecule has 3 atom stereocenters. The van der Waals surface area contributed by atoms with E-state index in [-0.39, 0.29) is 30.7 Å². The largest absolute Gasteiger partial charge is 0.353 e. The summed E-state index contributed by atoms with van der Waals surface area (Å²) >= 11 is 0. The zero-order valence-corrected chi connectivity index (χ0v) is 13.3. The van der Waals surface area contributed by atoms with Crippen LogP contribution in [0.5, 0.6) is 0 Å². The van der Waals surface area contributed by atoms with E-state index in [1.165, 1.54) is 6.42 Å². The summed E-state index contributed by atoms with van der Waals surface area (Å²) in [6, 6.07) is 3.78. The number of rotatable bonds is 5. The Labute approximate surface area is 131 Å². The standard InChI is InChI=1S/C17H25N3O2/c1-12-5-3-7-15(13(12)2)20-17(22)9-8-16(21)19-14-6-4-10-18-11-14/h4,6,10-13,15H,3,5,7-9H2,1-2H3,(H,19,21)(H,20,22)/t12-,13+,15+/m1/s1. The maximum absolute atomic E-state index is 12.0. The molecule has 0 unspecified atom stereocenters. The van der Waals surface area contributed by atoms with Crippen LogP contribution in [0.2, 0.25) is 0 Å². The zero-order chi connectivity index (χ0) is 15.9. The van der Waals surface area contributed by atoms with Crippen molar-refractivity contribution in [1.82, 2.24) is 10.3 Å². The highest BCUT2D eigenvalue weighted by Gasteiger charge is 2.28. The number of hydrogen-bond acceptors (Lipinski definition) is 3. The molecule has 1 fully saturated rings. The molecule has 0 bridgehead atoms. The van der Waals surface area contributed by atoms with Gasteiger partial charge in [-0.15, -0.1) is 0 Å². The average molecular weight is 303 g/mol. The van der Waals surface area contributed by atoms with Gasteiger partial charge >= 0.3 is 0 Å². The van der Waals surface area contributed by atoms with E-state index in [1.807, 2.05) is 0 Å². The summed E-state index contributed by atoms with van der Waals surface area (Å²) in [6.45, 7) is 4.44. The van der Waals surface area contributed by atoms with Gasteiger partial charge in [-0.1, -0.05) is 26.7 Å². The second kappa shape index (κ2) is 7.92. The van der Waals surface area contributed by atoms with Crippen molar-refractivity contribution in [2.75, 3.05) is 5.32 Å². The van der Waals surface area contributed by atoms with Gasteiger partial charge in [0.1, 0.15) is 0 Å². The fourth-order valence-electron chi connectivity index (χ4n) is 2.95. The van der Waals surface area contributed by atoms with Crippen LogP contribution in [-0.4, -0.2) is 22.8 Å². The van der Waals surface area contributed by atoms with Gasteiger partial charge in [0, 0.05) is 25.1 Å². The molecule has 1 saturated carbocycles. The molecule has 2 N–H and O–H groups in total. The molecule has 22 heavy (non-hydrogen) atoms. The van der Waals surface area contributed by atoms with Crippen molar-refractivity contribution in [3.8, 4) is 0 Å². The van der Waals surface area contributed by atoms with Crippen LogP contribution in [0.15, 0.2) is 24.5 Å². The molecule has 1 heterocycles. The molecule has 2 amide bonds. The van der Waals surface area contributed by atoms with Gasteiger partial charge in [0.05, 0.1) is 11.9 Å². The molecule has 5 nitrogen and oxygen atoms in total. The molecule has 0 aromatic carbocycles. The minimum absolute atomic E-state index is 0.0349. The lowest BCUT2D eigenvalue weighted by molar-refractivity contribution is -0.125. The Balaban J connectivity index is 1.72. The smallest absolute Gasteiger partial charge is 0.224 e. The monoisotopic (exact) mass is 303 g/mol. The summed E-state index contributed by atoms with van der Waals surface area (Å²) < 4.78 is 0. The van der Waals surface area contributed by atoms with Crippen LogP contribution >= 0.6 is 0 Å². The molecule has 120 valence electrons. The Morgan fingerprint density at radius 3 is 2.73 bits per heavy atom. The highest BCUT2D eigenvalue weighted by molar-refractivity contribution is 5.93. The summed E-state index contributed by atoms with van der Waals surface area (Å²) in [5, 5.41) is 5.82. The summed E-state index contributed by atoms with van der Waals surface area (Å²) in [5.41, 5.74) is 0.655. The van der Waals surface area contributed by atoms with Crippen LogP contribution in [-0.2, 0) is 9.59 Å². The van der Waals surface area contributed by atoms with Gasteiger partial charge in [-0.3, -0.25) is 14.6 Å². The highest BCUT2D eigenvalue weighted by atomic mass is 16.2. The lowest BCUT2D eigenvalue weighted by Gasteiger charge is -2.34. The Hall–Kier alpha value is -1.91. The fraction of sp³-hybridized carbons (Fsp3) is 0.588. The third-order valence-electron chi connectivity index (χ3n) is 4.58. The summed E-state index contributed by atoms with van der Waals surface area (Å²) in [7, 11) is 0. The normalized spacial score (nSPS) is 24.5. The Morgan fingerprint density at radius 2 is 2.00 bits per heavy atom. The van der Waals surface area contributed by atoms with Crippen LogP contribution in [0.25, 0.3) is 0 Å². The number of pyridine rings is 1. The first-order chi connectivity index (χ1) is 10.6. The molecule has 0 radical (unpaired) electrons.